The summed E-state index contributed by atoms with van der Waals surface area (Å²) in [6.45, 7) is 3.06. The maximum atomic E-state index is 12.2. The van der Waals surface area contributed by atoms with Gasteiger partial charge in [0.05, 0.1) is 10.5 Å². The summed E-state index contributed by atoms with van der Waals surface area (Å²) in [5.74, 6) is -0.824. The molecule has 0 fully saturated rings. The van der Waals surface area contributed by atoms with E-state index >= 15 is 0 Å². The third kappa shape index (κ3) is 2.62. The van der Waals surface area contributed by atoms with E-state index < -0.39 is 16.0 Å². The maximum absolute atomic E-state index is 12.2. The average molecular weight is 296 g/mol. The Hall–Kier alpha value is -2.42. The quantitative estimate of drug-likeness (QED) is 0.770. The Morgan fingerprint density at radius 1 is 1.35 bits per heavy atom. The first-order valence-corrected chi connectivity index (χ1v) is 7.04. The van der Waals surface area contributed by atoms with Gasteiger partial charge >= 0.3 is 5.97 Å². The molecule has 0 spiro atoms. The van der Waals surface area contributed by atoms with Gasteiger partial charge in [0.15, 0.2) is 0 Å². The van der Waals surface area contributed by atoms with Crippen LogP contribution < -0.4 is 4.72 Å². The van der Waals surface area contributed by atoms with Crippen LogP contribution in [-0.4, -0.2) is 34.7 Å². The average Bonchev–Trinajstić information content (AvgIpc) is 2.73. The van der Waals surface area contributed by atoms with Crippen LogP contribution in [-0.2, 0) is 10.0 Å². The Bertz CT molecular complexity index is 766. The van der Waals surface area contributed by atoms with E-state index in [0.29, 0.717) is 5.82 Å². The van der Waals surface area contributed by atoms with Crippen LogP contribution >= 0.6 is 0 Å². The number of aryl methyl sites for hydroxylation is 1. The molecule has 0 saturated carbocycles. The molecule has 0 saturated heterocycles. The number of carbonyl (C=O) groups is 1. The molecule has 1 heterocycles. The number of sulfonamides is 1. The van der Waals surface area contributed by atoms with Crippen LogP contribution in [0.4, 0.5) is 5.95 Å². The summed E-state index contributed by atoms with van der Waals surface area (Å²) >= 11 is 0. The number of carboxylic acids is 1. The van der Waals surface area contributed by atoms with Crippen LogP contribution in [0.25, 0.3) is 0 Å². The molecule has 0 atom stereocenters. The molecule has 1 aromatic heterocycles. The molecule has 0 amide bonds. The Balaban J connectivity index is 2.44. The second-order valence-corrected chi connectivity index (χ2v) is 5.73. The molecule has 0 radical (unpaired) electrons. The van der Waals surface area contributed by atoms with Crippen molar-refractivity contribution in [2.45, 2.75) is 18.7 Å². The summed E-state index contributed by atoms with van der Waals surface area (Å²) in [5.41, 5.74) is 0.0822. The predicted octanol–water partition coefficient (Wildman–Crippen LogP) is 0.921. The van der Waals surface area contributed by atoms with Crippen molar-refractivity contribution in [2.75, 3.05) is 4.72 Å². The molecule has 0 bridgehead atoms. The van der Waals surface area contributed by atoms with E-state index in [2.05, 4.69) is 19.9 Å². The third-order valence-electron chi connectivity index (χ3n) is 2.63. The zero-order chi connectivity index (χ0) is 14.9. The van der Waals surface area contributed by atoms with E-state index in [1.807, 2.05) is 0 Å². The van der Waals surface area contributed by atoms with E-state index in [4.69, 9.17) is 5.11 Å². The second kappa shape index (κ2) is 4.93. The van der Waals surface area contributed by atoms with Crippen molar-refractivity contribution in [1.82, 2.24) is 15.2 Å². The largest absolute Gasteiger partial charge is 0.478 e. The van der Waals surface area contributed by atoms with Crippen LogP contribution in [0.3, 0.4) is 0 Å². The van der Waals surface area contributed by atoms with Gasteiger partial charge in [-0.2, -0.15) is 4.98 Å². The van der Waals surface area contributed by atoms with Crippen LogP contribution in [0.1, 0.15) is 21.7 Å². The highest BCUT2D eigenvalue weighted by molar-refractivity contribution is 7.92. The Morgan fingerprint density at radius 2 is 2.05 bits per heavy atom. The molecule has 1 aromatic carbocycles. The molecule has 0 unspecified atom stereocenters. The minimum Gasteiger partial charge on any atom is -0.478 e. The topological polar surface area (TPSA) is 125 Å². The first-order valence-electron chi connectivity index (χ1n) is 5.56. The minimum atomic E-state index is -3.95. The molecule has 2 rings (SSSR count). The molecule has 3 N–H and O–H groups in total. The summed E-state index contributed by atoms with van der Waals surface area (Å²) < 4.78 is 26.6. The Kier molecular flexibility index (Phi) is 3.45. The monoisotopic (exact) mass is 296 g/mol. The SMILES string of the molecule is Cc1nc(NS(=O)(=O)c2cccc(C(=O)O)c2C)n[nH]1. The molecule has 20 heavy (non-hydrogen) atoms. The summed E-state index contributed by atoms with van der Waals surface area (Å²) in [7, 11) is -3.95. The Labute approximate surface area is 114 Å². The molecular formula is C11H12N4O4S. The summed E-state index contributed by atoms with van der Waals surface area (Å²) in [4.78, 5) is 14.7. The normalized spacial score (nSPS) is 11.3. The summed E-state index contributed by atoms with van der Waals surface area (Å²) in [6, 6.07) is 4.03. The number of benzene rings is 1. The fourth-order valence-corrected chi connectivity index (χ4v) is 2.91. The zero-order valence-electron chi connectivity index (χ0n) is 10.7. The van der Waals surface area contributed by atoms with Crippen LogP contribution in [0, 0.1) is 13.8 Å². The Morgan fingerprint density at radius 3 is 2.60 bits per heavy atom. The van der Waals surface area contributed by atoms with Crippen molar-refractivity contribution < 1.29 is 18.3 Å². The van der Waals surface area contributed by atoms with Gasteiger partial charge in [0.2, 0.25) is 0 Å². The number of nitrogens with one attached hydrogen (secondary N) is 2. The molecule has 0 aliphatic rings. The van der Waals surface area contributed by atoms with E-state index in [1.54, 1.807) is 6.92 Å². The molecule has 9 heteroatoms. The smallest absolute Gasteiger partial charge is 0.335 e. The van der Waals surface area contributed by atoms with Gasteiger partial charge in [-0.05, 0) is 31.5 Å². The van der Waals surface area contributed by atoms with Crippen molar-refractivity contribution in [3.8, 4) is 0 Å². The number of aromatic nitrogens is 3. The lowest BCUT2D eigenvalue weighted by Gasteiger charge is -2.09. The maximum Gasteiger partial charge on any atom is 0.335 e. The fourth-order valence-electron chi connectivity index (χ4n) is 1.70. The summed E-state index contributed by atoms with van der Waals surface area (Å²) in [6.07, 6.45) is 0. The molecule has 0 aliphatic carbocycles. The summed E-state index contributed by atoms with van der Waals surface area (Å²) in [5, 5.41) is 15.2. The number of hydrogen-bond acceptors (Lipinski definition) is 5. The van der Waals surface area contributed by atoms with Crippen molar-refractivity contribution in [3.05, 3.63) is 35.2 Å². The lowest BCUT2D eigenvalue weighted by atomic mass is 10.1. The van der Waals surface area contributed by atoms with Crippen LogP contribution in [0.15, 0.2) is 23.1 Å². The predicted molar refractivity (Wildman–Crippen MR) is 70.1 cm³/mol. The van der Waals surface area contributed by atoms with E-state index in [9.17, 15) is 13.2 Å². The molecule has 106 valence electrons. The van der Waals surface area contributed by atoms with E-state index in [-0.39, 0.29) is 22.0 Å². The molecule has 2 aromatic rings. The number of rotatable bonds is 4. The third-order valence-corrected chi connectivity index (χ3v) is 4.10. The van der Waals surface area contributed by atoms with E-state index in [0.717, 1.165) is 0 Å². The number of anilines is 1. The molecule has 0 aliphatic heterocycles. The lowest BCUT2D eigenvalue weighted by molar-refractivity contribution is 0.0696. The van der Waals surface area contributed by atoms with Gasteiger partial charge in [0, 0.05) is 0 Å². The fraction of sp³-hybridized carbons (Fsp3) is 0.182. The highest BCUT2D eigenvalue weighted by Gasteiger charge is 2.22. The minimum absolute atomic E-state index is 0.0703. The number of aromatic carboxylic acids is 1. The molecule has 8 nitrogen and oxygen atoms in total. The highest BCUT2D eigenvalue weighted by Crippen LogP contribution is 2.20. The lowest BCUT2D eigenvalue weighted by Crippen LogP contribution is -2.16. The van der Waals surface area contributed by atoms with Gasteiger partial charge in [-0.1, -0.05) is 6.07 Å². The first-order chi connectivity index (χ1) is 9.31. The molecular weight excluding hydrogens is 284 g/mol. The van der Waals surface area contributed by atoms with Gasteiger partial charge in [-0.15, -0.1) is 5.10 Å². The van der Waals surface area contributed by atoms with Crippen LogP contribution in [0.2, 0.25) is 0 Å². The number of H-pyrrole nitrogens is 1. The van der Waals surface area contributed by atoms with Crippen molar-refractivity contribution in [3.63, 3.8) is 0 Å². The number of hydrogen-bond donors (Lipinski definition) is 3. The highest BCUT2D eigenvalue weighted by atomic mass is 32.2. The van der Waals surface area contributed by atoms with Gasteiger partial charge in [0.25, 0.3) is 16.0 Å². The first kappa shape index (κ1) is 14.0. The number of aromatic amines is 1. The van der Waals surface area contributed by atoms with Crippen molar-refractivity contribution >= 4 is 21.9 Å². The van der Waals surface area contributed by atoms with E-state index in [1.165, 1.54) is 25.1 Å². The van der Waals surface area contributed by atoms with Gasteiger partial charge in [0.1, 0.15) is 5.82 Å². The standard InChI is InChI=1S/C11H12N4O4S/c1-6-8(10(16)17)4-3-5-9(6)20(18,19)15-11-12-7(2)13-14-11/h3-5H,1-2H3,(H,16,17)(H2,12,13,14,15). The second-order valence-electron chi connectivity index (χ2n) is 4.08. The number of carboxylic acid groups (broad SMARTS) is 1. The number of nitrogens with zero attached hydrogens (tertiary/aromatic N) is 2. The van der Waals surface area contributed by atoms with Gasteiger partial charge in [-0.25, -0.2) is 17.9 Å². The van der Waals surface area contributed by atoms with Crippen molar-refractivity contribution in [1.29, 1.82) is 0 Å². The zero-order valence-corrected chi connectivity index (χ0v) is 11.5. The van der Waals surface area contributed by atoms with Crippen molar-refractivity contribution in [2.24, 2.45) is 0 Å². The van der Waals surface area contributed by atoms with Gasteiger partial charge in [-0.3, -0.25) is 5.10 Å². The van der Waals surface area contributed by atoms with Crippen LogP contribution in [0.5, 0.6) is 0 Å². The van der Waals surface area contributed by atoms with Gasteiger partial charge < -0.3 is 5.11 Å².